The zero-order chi connectivity index (χ0) is 24.6. The normalized spacial score (nSPS) is 10.7. The lowest BCUT2D eigenvalue weighted by atomic mass is 10.1. The largest absolute Gasteiger partial charge is 0.493 e. The number of benzene rings is 2. The van der Waals surface area contributed by atoms with Crippen LogP contribution in [0.25, 0.3) is 11.3 Å². The van der Waals surface area contributed by atoms with Crippen LogP contribution in [0, 0.1) is 0 Å². The van der Waals surface area contributed by atoms with E-state index in [2.05, 4.69) is 5.32 Å². The number of carbonyl (C=O) groups is 1. The quantitative estimate of drug-likeness (QED) is 0.323. The summed E-state index contributed by atoms with van der Waals surface area (Å²) in [6.07, 6.45) is 2.44. The number of methoxy groups -OCH3 is 1. The third kappa shape index (κ3) is 5.66. The summed E-state index contributed by atoms with van der Waals surface area (Å²) in [6, 6.07) is 20.8. The van der Waals surface area contributed by atoms with Gasteiger partial charge >= 0.3 is 6.03 Å². The van der Waals surface area contributed by atoms with Gasteiger partial charge in [0.1, 0.15) is 11.5 Å². The number of hydrogen-bond acceptors (Lipinski definition) is 5. The molecule has 0 atom stereocenters. The summed E-state index contributed by atoms with van der Waals surface area (Å²) < 4.78 is 19.1. The minimum Gasteiger partial charge on any atom is -0.493 e. The molecule has 2 aromatic carbocycles. The number of nitrogens with one attached hydrogen (secondary N) is 1. The van der Waals surface area contributed by atoms with E-state index in [4.69, 9.17) is 19.0 Å². The molecule has 8 nitrogen and oxygen atoms in total. The Hall–Kier alpha value is -4.20. The number of amides is 2. The molecule has 35 heavy (non-hydrogen) atoms. The Bertz CT molecular complexity index is 1240. The molecule has 182 valence electrons. The maximum absolute atomic E-state index is 13.1. The molecular formula is C27H30N4O4. The predicted molar refractivity (Wildman–Crippen MR) is 133 cm³/mol. The average Bonchev–Trinajstić information content (AvgIpc) is 3.51. The van der Waals surface area contributed by atoms with Crippen molar-refractivity contribution in [1.82, 2.24) is 20.0 Å². The zero-order valence-electron chi connectivity index (χ0n) is 20.2. The first kappa shape index (κ1) is 23.9. The molecule has 0 saturated carbocycles. The second-order valence-corrected chi connectivity index (χ2v) is 8.04. The van der Waals surface area contributed by atoms with E-state index in [0.29, 0.717) is 36.2 Å². The van der Waals surface area contributed by atoms with Crippen molar-refractivity contribution in [3.63, 3.8) is 0 Å². The molecule has 0 fully saturated rings. The van der Waals surface area contributed by atoms with E-state index < -0.39 is 0 Å². The molecule has 0 unspecified atom stereocenters. The van der Waals surface area contributed by atoms with Crippen LogP contribution in [0.1, 0.15) is 24.7 Å². The average molecular weight is 475 g/mol. The number of urea groups is 1. The van der Waals surface area contributed by atoms with Crippen molar-refractivity contribution in [2.24, 2.45) is 7.05 Å². The van der Waals surface area contributed by atoms with Gasteiger partial charge in [-0.1, -0.05) is 49.4 Å². The summed E-state index contributed by atoms with van der Waals surface area (Å²) in [5.41, 5.74) is 2.45. The van der Waals surface area contributed by atoms with Crippen LogP contribution in [0.3, 0.4) is 0 Å². The highest BCUT2D eigenvalue weighted by molar-refractivity contribution is 5.75. The zero-order valence-corrected chi connectivity index (χ0v) is 20.2. The molecule has 0 saturated heterocycles. The van der Waals surface area contributed by atoms with Crippen LogP contribution < -0.4 is 14.8 Å². The Morgan fingerprint density at radius 3 is 2.46 bits per heavy atom. The molecule has 2 heterocycles. The first-order valence-electron chi connectivity index (χ1n) is 11.6. The summed E-state index contributed by atoms with van der Waals surface area (Å²) in [4.78, 5) is 14.8. The first-order valence-corrected chi connectivity index (χ1v) is 11.6. The van der Waals surface area contributed by atoms with Gasteiger partial charge in [-0.2, -0.15) is 5.10 Å². The summed E-state index contributed by atoms with van der Waals surface area (Å²) >= 11 is 0. The molecule has 0 aliphatic heterocycles. The van der Waals surface area contributed by atoms with Crippen molar-refractivity contribution in [2.75, 3.05) is 13.7 Å². The lowest BCUT2D eigenvalue weighted by Gasteiger charge is -2.23. The first-order chi connectivity index (χ1) is 17.1. The van der Waals surface area contributed by atoms with E-state index in [1.165, 1.54) is 0 Å². The number of nitrogens with zero attached hydrogens (tertiary/aromatic N) is 3. The van der Waals surface area contributed by atoms with Crippen LogP contribution in [0.15, 0.2) is 77.4 Å². The van der Waals surface area contributed by atoms with Crippen LogP contribution in [0.2, 0.25) is 0 Å². The number of para-hydroxylation sites is 2. The number of rotatable bonds is 10. The Labute approximate surface area is 205 Å². The third-order valence-corrected chi connectivity index (χ3v) is 5.50. The molecular weight excluding hydrogens is 444 g/mol. The van der Waals surface area contributed by atoms with Gasteiger partial charge in [-0.25, -0.2) is 9.48 Å². The van der Waals surface area contributed by atoms with E-state index in [0.717, 1.165) is 23.2 Å². The maximum atomic E-state index is 13.1. The molecule has 1 N–H and O–H groups in total. The molecule has 0 radical (unpaired) electrons. The molecule has 8 heteroatoms. The molecule has 2 amide bonds. The fourth-order valence-corrected chi connectivity index (χ4v) is 3.78. The monoisotopic (exact) mass is 474 g/mol. The Morgan fingerprint density at radius 1 is 1.03 bits per heavy atom. The Morgan fingerprint density at radius 2 is 1.77 bits per heavy atom. The van der Waals surface area contributed by atoms with Gasteiger partial charge in [-0.05, 0) is 30.7 Å². The van der Waals surface area contributed by atoms with E-state index in [1.807, 2.05) is 80.7 Å². The van der Waals surface area contributed by atoms with Crippen LogP contribution in [0.5, 0.6) is 17.4 Å². The van der Waals surface area contributed by atoms with Gasteiger partial charge < -0.3 is 24.1 Å². The number of hydrogen-bond donors (Lipinski definition) is 1. The summed E-state index contributed by atoms with van der Waals surface area (Å²) in [6.45, 7) is 3.17. The summed E-state index contributed by atoms with van der Waals surface area (Å²) in [5.74, 6) is 2.39. The van der Waals surface area contributed by atoms with Gasteiger partial charge in [0.25, 0.3) is 0 Å². The third-order valence-electron chi connectivity index (χ3n) is 5.50. The minimum atomic E-state index is -0.186. The van der Waals surface area contributed by atoms with Crippen molar-refractivity contribution in [3.8, 4) is 28.6 Å². The van der Waals surface area contributed by atoms with E-state index in [9.17, 15) is 4.79 Å². The van der Waals surface area contributed by atoms with Gasteiger partial charge in [-0.3, -0.25) is 0 Å². The number of aromatic nitrogens is 2. The van der Waals surface area contributed by atoms with E-state index in [-0.39, 0.29) is 12.6 Å². The standard InChI is InChI=1S/C27H30N4O4/c1-4-16-28-27(32)31(18-21-13-10-17-34-21)19-22-25(20-11-6-5-7-12-20)29-30(2)26(22)35-24-15-9-8-14-23(24)33-3/h5-15,17H,4,16,18-19H2,1-3H3,(H,28,32). The van der Waals surface area contributed by atoms with Crippen LogP contribution in [0.4, 0.5) is 4.79 Å². The minimum absolute atomic E-state index is 0.186. The number of carbonyl (C=O) groups excluding carboxylic acids is 1. The molecule has 4 rings (SSSR count). The number of furan rings is 1. The van der Waals surface area contributed by atoms with Gasteiger partial charge in [0, 0.05) is 19.2 Å². The molecule has 0 bridgehead atoms. The van der Waals surface area contributed by atoms with Gasteiger partial charge in [0.05, 0.1) is 32.0 Å². The Balaban J connectivity index is 1.76. The van der Waals surface area contributed by atoms with Crippen molar-refractivity contribution < 1.29 is 18.7 Å². The second kappa shape index (κ2) is 11.3. The molecule has 0 aliphatic rings. The predicted octanol–water partition coefficient (Wildman–Crippen LogP) is 5.60. The lowest BCUT2D eigenvalue weighted by molar-refractivity contribution is 0.187. The van der Waals surface area contributed by atoms with Crippen molar-refractivity contribution in [3.05, 3.63) is 84.3 Å². The molecule has 2 aromatic heterocycles. The van der Waals surface area contributed by atoms with Crippen LogP contribution >= 0.6 is 0 Å². The number of aryl methyl sites for hydroxylation is 1. The van der Waals surface area contributed by atoms with Crippen LogP contribution in [-0.2, 0) is 20.1 Å². The highest BCUT2D eigenvalue weighted by Gasteiger charge is 2.25. The smallest absolute Gasteiger partial charge is 0.318 e. The van der Waals surface area contributed by atoms with Gasteiger partial charge in [0.15, 0.2) is 11.5 Å². The Kier molecular flexibility index (Phi) is 7.72. The lowest BCUT2D eigenvalue weighted by Crippen LogP contribution is -2.39. The van der Waals surface area contributed by atoms with Crippen molar-refractivity contribution in [1.29, 1.82) is 0 Å². The van der Waals surface area contributed by atoms with Crippen LogP contribution in [-0.4, -0.2) is 34.4 Å². The summed E-state index contributed by atoms with van der Waals surface area (Å²) in [7, 11) is 3.43. The van der Waals surface area contributed by atoms with Gasteiger partial charge in [0.2, 0.25) is 5.88 Å². The highest BCUT2D eigenvalue weighted by atomic mass is 16.5. The van der Waals surface area contributed by atoms with Gasteiger partial charge in [-0.15, -0.1) is 0 Å². The highest BCUT2D eigenvalue weighted by Crippen LogP contribution is 2.37. The molecule has 0 spiro atoms. The SMILES string of the molecule is CCCNC(=O)N(Cc1ccco1)Cc1c(-c2ccccc2)nn(C)c1Oc1ccccc1OC. The fraction of sp³-hybridized carbons (Fsp3) is 0.259. The fourth-order valence-electron chi connectivity index (χ4n) is 3.78. The molecule has 0 aliphatic carbocycles. The number of ether oxygens (including phenoxy) is 2. The summed E-state index contributed by atoms with van der Waals surface area (Å²) in [5, 5.41) is 7.75. The van der Waals surface area contributed by atoms with Crippen molar-refractivity contribution in [2.45, 2.75) is 26.4 Å². The second-order valence-electron chi connectivity index (χ2n) is 8.04. The van der Waals surface area contributed by atoms with Crippen molar-refractivity contribution >= 4 is 6.03 Å². The van der Waals surface area contributed by atoms with E-state index >= 15 is 0 Å². The molecule has 4 aromatic rings. The van der Waals surface area contributed by atoms with E-state index in [1.54, 1.807) is 23.0 Å². The maximum Gasteiger partial charge on any atom is 0.318 e. The topological polar surface area (TPSA) is 81.8 Å².